The number of nitrogens with one attached hydrogen (secondary N) is 2. The van der Waals surface area contributed by atoms with Crippen LogP contribution in [0.4, 0.5) is 4.79 Å². The molecule has 7 nitrogen and oxygen atoms in total. The van der Waals surface area contributed by atoms with Crippen molar-refractivity contribution >= 4 is 12.0 Å². The molecule has 2 amide bonds. The number of ether oxygens (including phenoxy) is 1. The highest BCUT2D eigenvalue weighted by Crippen LogP contribution is 2.06. The molecule has 1 aliphatic rings. The molecule has 0 aliphatic carbocycles. The first-order valence-electron chi connectivity index (χ1n) is 6.18. The van der Waals surface area contributed by atoms with Crippen LogP contribution in [0.1, 0.15) is 15.9 Å². The number of urea groups is 1. The number of hydrogen-bond donors (Lipinski definition) is 4. The Morgan fingerprint density at radius 1 is 1.25 bits per heavy atom. The number of rotatable bonds is 4. The molecule has 20 heavy (non-hydrogen) atoms. The third kappa shape index (κ3) is 3.69. The monoisotopic (exact) mass is 280 g/mol. The van der Waals surface area contributed by atoms with E-state index >= 15 is 0 Å². The standard InChI is InChI=1S/C13H16N2O5/c16-11-7-20-6-10(11)15-13(19)14-5-8-1-3-9(4-2-8)12(17)18/h1-4,10-11,16H,5-7H2,(H,17,18)(H2,14,15,19)/t10-,11-/m1/s1. The Hall–Kier alpha value is -2.12. The summed E-state index contributed by atoms with van der Waals surface area (Å²) in [6.07, 6.45) is -0.685. The Kier molecular flexibility index (Phi) is 4.54. The molecule has 0 spiro atoms. The van der Waals surface area contributed by atoms with Crippen LogP contribution >= 0.6 is 0 Å². The number of carbonyl (C=O) groups is 2. The highest BCUT2D eigenvalue weighted by molar-refractivity contribution is 5.87. The molecule has 0 bridgehead atoms. The zero-order valence-corrected chi connectivity index (χ0v) is 10.7. The summed E-state index contributed by atoms with van der Waals surface area (Å²) in [5.41, 5.74) is 0.984. The summed E-state index contributed by atoms with van der Waals surface area (Å²) >= 11 is 0. The molecule has 1 aromatic rings. The van der Waals surface area contributed by atoms with Gasteiger partial charge in [-0.3, -0.25) is 0 Å². The number of benzene rings is 1. The van der Waals surface area contributed by atoms with Crippen LogP contribution in [0, 0.1) is 0 Å². The summed E-state index contributed by atoms with van der Waals surface area (Å²) in [5, 5.41) is 23.5. The van der Waals surface area contributed by atoms with Crippen LogP contribution in [0.3, 0.4) is 0 Å². The van der Waals surface area contributed by atoms with E-state index in [0.29, 0.717) is 6.61 Å². The van der Waals surface area contributed by atoms with Gasteiger partial charge in [0.05, 0.1) is 30.9 Å². The first-order valence-corrected chi connectivity index (χ1v) is 6.18. The minimum Gasteiger partial charge on any atom is -0.478 e. The Balaban J connectivity index is 1.79. The normalized spacial score (nSPS) is 21.4. The van der Waals surface area contributed by atoms with Gasteiger partial charge in [0.25, 0.3) is 0 Å². The van der Waals surface area contributed by atoms with Gasteiger partial charge in [0.15, 0.2) is 0 Å². The molecule has 0 unspecified atom stereocenters. The molecule has 2 rings (SSSR count). The van der Waals surface area contributed by atoms with Crippen molar-refractivity contribution in [3.63, 3.8) is 0 Å². The number of carboxylic acid groups (broad SMARTS) is 1. The lowest BCUT2D eigenvalue weighted by molar-refractivity contribution is 0.0697. The van der Waals surface area contributed by atoms with Crippen LogP contribution in [0.25, 0.3) is 0 Å². The SMILES string of the molecule is O=C(NCc1ccc(C(=O)O)cc1)N[C@@H]1COC[C@H]1O. The molecule has 4 N–H and O–H groups in total. The Labute approximate surface area is 115 Å². The molecular weight excluding hydrogens is 264 g/mol. The van der Waals surface area contributed by atoms with Crippen molar-refractivity contribution in [3.8, 4) is 0 Å². The zero-order valence-electron chi connectivity index (χ0n) is 10.7. The molecule has 1 heterocycles. The lowest BCUT2D eigenvalue weighted by Crippen LogP contribution is -2.47. The van der Waals surface area contributed by atoms with E-state index < -0.39 is 24.1 Å². The fraction of sp³-hybridized carbons (Fsp3) is 0.385. The summed E-state index contributed by atoms with van der Waals surface area (Å²) in [6.45, 7) is 0.791. The second-order valence-electron chi connectivity index (χ2n) is 4.54. The first kappa shape index (κ1) is 14.3. The third-order valence-electron chi connectivity index (χ3n) is 3.02. The lowest BCUT2D eigenvalue weighted by Gasteiger charge is -2.15. The van der Waals surface area contributed by atoms with Gasteiger partial charge in [0, 0.05) is 6.54 Å². The fourth-order valence-electron chi connectivity index (χ4n) is 1.85. The summed E-state index contributed by atoms with van der Waals surface area (Å²) in [5.74, 6) is -0.988. The van der Waals surface area contributed by atoms with E-state index in [-0.39, 0.29) is 18.7 Å². The summed E-state index contributed by atoms with van der Waals surface area (Å²) in [4.78, 5) is 22.3. The minimum absolute atomic E-state index is 0.199. The molecule has 108 valence electrons. The van der Waals surface area contributed by atoms with Gasteiger partial charge in [-0.05, 0) is 17.7 Å². The predicted molar refractivity (Wildman–Crippen MR) is 69.4 cm³/mol. The highest BCUT2D eigenvalue weighted by atomic mass is 16.5. The van der Waals surface area contributed by atoms with E-state index in [9.17, 15) is 14.7 Å². The number of hydrogen-bond acceptors (Lipinski definition) is 4. The number of aliphatic hydroxyl groups excluding tert-OH is 1. The predicted octanol–water partition coefficient (Wildman–Crippen LogP) is -0.0563. The molecule has 2 atom stereocenters. The molecule has 1 saturated heterocycles. The largest absolute Gasteiger partial charge is 0.478 e. The summed E-state index contributed by atoms with van der Waals surface area (Å²) < 4.78 is 5.02. The molecule has 0 aromatic heterocycles. The van der Waals surface area contributed by atoms with Crippen molar-refractivity contribution in [2.45, 2.75) is 18.7 Å². The van der Waals surface area contributed by atoms with E-state index in [1.54, 1.807) is 12.1 Å². The van der Waals surface area contributed by atoms with Gasteiger partial charge >= 0.3 is 12.0 Å². The lowest BCUT2D eigenvalue weighted by atomic mass is 10.1. The maximum absolute atomic E-state index is 11.6. The van der Waals surface area contributed by atoms with E-state index in [1.807, 2.05) is 0 Å². The maximum atomic E-state index is 11.6. The average molecular weight is 280 g/mol. The second-order valence-corrected chi connectivity index (χ2v) is 4.54. The van der Waals surface area contributed by atoms with Gasteiger partial charge in [0.2, 0.25) is 0 Å². The van der Waals surface area contributed by atoms with Gasteiger partial charge in [-0.1, -0.05) is 12.1 Å². The Morgan fingerprint density at radius 3 is 2.50 bits per heavy atom. The fourth-order valence-corrected chi connectivity index (χ4v) is 1.85. The number of carbonyl (C=O) groups excluding carboxylic acids is 1. The van der Waals surface area contributed by atoms with Crippen molar-refractivity contribution in [3.05, 3.63) is 35.4 Å². The molecule has 7 heteroatoms. The molecule has 1 aromatic carbocycles. The Morgan fingerprint density at radius 2 is 1.95 bits per heavy atom. The maximum Gasteiger partial charge on any atom is 0.335 e. The quantitative estimate of drug-likeness (QED) is 0.618. The van der Waals surface area contributed by atoms with Crippen molar-refractivity contribution in [2.75, 3.05) is 13.2 Å². The van der Waals surface area contributed by atoms with Crippen LogP contribution in [-0.4, -0.2) is 47.6 Å². The second kappa shape index (κ2) is 6.36. The van der Waals surface area contributed by atoms with Crippen LogP contribution in [0.2, 0.25) is 0 Å². The van der Waals surface area contributed by atoms with Crippen molar-refractivity contribution in [1.29, 1.82) is 0 Å². The minimum atomic E-state index is -0.988. The zero-order chi connectivity index (χ0) is 14.5. The van der Waals surface area contributed by atoms with Crippen LogP contribution in [0.5, 0.6) is 0 Å². The van der Waals surface area contributed by atoms with Gasteiger partial charge in [-0.2, -0.15) is 0 Å². The summed E-state index contributed by atoms with van der Waals surface area (Å²) in [6, 6.07) is 5.43. The van der Waals surface area contributed by atoms with Crippen LogP contribution in [-0.2, 0) is 11.3 Å². The number of aromatic carboxylic acids is 1. The van der Waals surface area contributed by atoms with Crippen molar-refractivity contribution in [1.82, 2.24) is 10.6 Å². The first-order chi connectivity index (χ1) is 9.56. The average Bonchev–Trinajstić information content (AvgIpc) is 2.82. The van der Waals surface area contributed by atoms with E-state index in [1.165, 1.54) is 12.1 Å². The molecule has 0 saturated carbocycles. The number of carboxylic acids is 1. The topological polar surface area (TPSA) is 108 Å². The number of aliphatic hydroxyl groups is 1. The highest BCUT2D eigenvalue weighted by Gasteiger charge is 2.27. The molecule has 1 fully saturated rings. The van der Waals surface area contributed by atoms with E-state index in [2.05, 4.69) is 10.6 Å². The van der Waals surface area contributed by atoms with E-state index in [0.717, 1.165) is 5.56 Å². The third-order valence-corrected chi connectivity index (χ3v) is 3.02. The molecule has 0 radical (unpaired) electrons. The molecule has 1 aliphatic heterocycles. The van der Waals surface area contributed by atoms with E-state index in [4.69, 9.17) is 9.84 Å². The van der Waals surface area contributed by atoms with Crippen LogP contribution < -0.4 is 10.6 Å². The van der Waals surface area contributed by atoms with Gasteiger partial charge in [-0.15, -0.1) is 0 Å². The van der Waals surface area contributed by atoms with Gasteiger partial charge in [0.1, 0.15) is 0 Å². The van der Waals surface area contributed by atoms with Gasteiger partial charge in [-0.25, -0.2) is 9.59 Å². The van der Waals surface area contributed by atoms with Crippen LogP contribution in [0.15, 0.2) is 24.3 Å². The molecular formula is C13H16N2O5. The van der Waals surface area contributed by atoms with Gasteiger partial charge < -0.3 is 25.6 Å². The summed E-state index contributed by atoms with van der Waals surface area (Å²) in [7, 11) is 0. The van der Waals surface area contributed by atoms with Crippen molar-refractivity contribution in [2.24, 2.45) is 0 Å². The Bertz CT molecular complexity index is 488. The smallest absolute Gasteiger partial charge is 0.335 e. The van der Waals surface area contributed by atoms with Crippen molar-refractivity contribution < 1.29 is 24.5 Å². The number of amides is 2.